The maximum Gasteiger partial charge on any atom is 0.162 e. The summed E-state index contributed by atoms with van der Waals surface area (Å²) >= 11 is 0. The molecule has 5 nitrogen and oxygen atoms in total. The van der Waals surface area contributed by atoms with Crippen molar-refractivity contribution < 1.29 is 24.1 Å². The zero-order chi connectivity index (χ0) is 17.1. The molecule has 0 aliphatic carbocycles. The van der Waals surface area contributed by atoms with Gasteiger partial charge >= 0.3 is 0 Å². The first-order chi connectivity index (χ1) is 9.89. The van der Waals surface area contributed by atoms with E-state index in [1.54, 1.807) is 13.8 Å². The van der Waals surface area contributed by atoms with Crippen LogP contribution in [0.3, 0.4) is 0 Å². The van der Waals surface area contributed by atoms with Crippen molar-refractivity contribution in [3.8, 4) is 0 Å². The number of rotatable bonds is 8. The van der Waals surface area contributed by atoms with Crippen LogP contribution in [0, 0.1) is 5.41 Å². The summed E-state index contributed by atoms with van der Waals surface area (Å²) in [6.07, 6.45) is 1.66. The third-order valence-electron chi connectivity index (χ3n) is 4.13. The highest BCUT2D eigenvalue weighted by Crippen LogP contribution is 2.34. The third kappa shape index (κ3) is 6.92. The Kier molecular flexibility index (Phi) is 6.44. The minimum absolute atomic E-state index is 0.0934. The Morgan fingerprint density at radius 1 is 1.05 bits per heavy atom. The van der Waals surface area contributed by atoms with E-state index < -0.39 is 11.6 Å². The number of ether oxygens (including phenoxy) is 4. The fourth-order valence-electron chi connectivity index (χ4n) is 2.09. The van der Waals surface area contributed by atoms with Crippen LogP contribution in [-0.2, 0) is 18.9 Å². The van der Waals surface area contributed by atoms with Crippen LogP contribution in [0.2, 0.25) is 0 Å². The normalized spacial score (nSPS) is 21.8. The van der Waals surface area contributed by atoms with Gasteiger partial charge in [-0.3, -0.25) is 0 Å². The highest BCUT2D eigenvalue weighted by molar-refractivity contribution is 4.84. The quantitative estimate of drug-likeness (QED) is 0.697. The molecule has 0 spiro atoms. The van der Waals surface area contributed by atoms with Crippen LogP contribution in [0.25, 0.3) is 0 Å². The number of hydrogen-bond acceptors (Lipinski definition) is 5. The fourth-order valence-corrected chi connectivity index (χ4v) is 2.09. The Balaban J connectivity index is 2.45. The van der Waals surface area contributed by atoms with Gasteiger partial charge in [-0.2, -0.15) is 0 Å². The summed E-state index contributed by atoms with van der Waals surface area (Å²) < 4.78 is 23.1. The van der Waals surface area contributed by atoms with E-state index in [1.165, 1.54) is 0 Å². The lowest BCUT2D eigenvalue weighted by atomic mass is 9.86. The van der Waals surface area contributed by atoms with Gasteiger partial charge in [-0.1, -0.05) is 6.92 Å². The molecule has 0 amide bonds. The molecule has 0 unspecified atom stereocenters. The van der Waals surface area contributed by atoms with Gasteiger partial charge in [0, 0.05) is 5.41 Å². The standard InChI is InChI=1S/C17H34O5/c1-8-17(12-21-16(6,7)22-13-17)11-20-14(2,3)9-10-19-15(4,5)18/h18H,8-13H2,1-7H3. The molecule has 0 atom stereocenters. The van der Waals surface area contributed by atoms with Crippen molar-refractivity contribution in [2.75, 3.05) is 26.4 Å². The molecule has 0 aromatic carbocycles. The first-order valence-electron chi connectivity index (χ1n) is 8.17. The van der Waals surface area contributed by atoms with E-state index in [4.69, 9.17) is 18.9 Å². The van der Waals surface area contributed by atoms with Gasteiger partial charge in [0.05, 0.1) is 32.0 Å². The predicted molar refractivity (Wildman–Crippen MR) is 85.6 cm³/mol. The summed E-state index contributed by atoms with van der Waals surface area (Å²) in [6.45, 7) is 15.7. The third-order valence-corrected chi connectivity index (χ3v) is 4.13. The predicted octanol–water partition coefficient (Wildman–Crippen LogP) is 3.10. The SMILES string of the molecule is CCC1(COC(C)(C)CCOC(C)(C)O)COC(C)(C)OC1. The molecule has 0 aromatic rings. The first-order valence-corrected chi connectivity index (χ1v) is 8.17. The van der Waals surface area contributed by atoms with Crippen LogP contribution in [0.5, 0.6) is 0 Å². The summed E-state index contributed by atoms with van der Waals surface area (Å²) in [5.41, 5.74) is -0.412. The van der Waals surface area contributed by atoms with E-state index in [0.29, 0.717) is 32.8 Å². The lowest BCUT2D eigenvalue weighted by Crippen LogP contribution is -2.49. The second-order valence-corrected chi connectivity index (χ2v) is 7.92. The molecule has 0 bridgehead atoms. The van der Waals surface area contributed by atoms with Crippen LogP contribution in [0.4, 0.5) is 0 Å². The van der Waals surface area contributed by atoms with Gasteiger partial charge in [-0.25, -0.2) is 0 Å². The molecule has 5 heteroatoms. The molecule has 0 aromatic heterocycles. The van der Waals surface area contributed by atoms with Gasteiger partial charge in [0.25, 0.3) is 0 Å². The van der Waals surface area contributed by atoms with Crippen LogP contribution in [0.1, 0.15) is 61.3 Å². The summed E-state index contributed by atoms with van der Waals surface area (Å²) in [6, 6.07) is 0. The molecule has 0 saturated carbocycles. The summed E-state index contributed by atoms with van der Waals surface area (Å²) in [5, 5.41) is 9.58. The van der Waals surface area contributed by atoms with Gasteiger partial charge in [-0.15, -0.1) is 0 Å². The molecule has 1 aliphatic rings. The Bertz CT molecular complexity index is 333. The van der Waals surface area contributed by atoms with Crippen LogP contribution in [-0.4, -0.2) is 48.7 Å². The van der Waals surface area contributed by atoms with Crippen molar-refractivity contribution in [3.63, 3.8) is 0 Å². The Hall–Kier alpha value is -0.200. The van der Waals surface area contributed by atoms with Gasteiger partial charge in [0.1, 0.15) is 0 Å². The van der Waals surface area contributed by atoms with E-state index in [-0.39, 0.29) is 11.0 Å². The lowest BCUT2D eigenvalue weighted by Gasteiger charge is -2.44. The van der Waals surface area contributed by atoms with E-state index in [9.17, 15) is 5.11 Å². The molecule has 1 fully saturated rings. The van der Waals surface area contributed by atoms with Crippen molar-refractivity contribution in [1.82, 2.24) is 0 Å². The molecule has 1 N–H and O–H groups in total. The minimum atomic E-state index is -1.10. The molecule has 1 rings (SSSR count). The average Bonchev–Trinajstić information content (AvgIpc) is 2.36. The van der Waals surface area contributed by atoms with E-state index in [1.807, 2.05) is 27.7 Å². The molecule has 22 heavy (non-hydrogen) atoms. The van der Waals surface area contributed by atoms with Gasteiger partial charge in [0.15, 0.2) is 11.6 Å². The van der Waals surface area contributed by atoms with Gasteiger partial charge < -0.3 is 24.1 Å². The Morgan fingerprint density at radius 3 is 2.05 bits per heavy atom. The molecular weight excluding hydrogens is 284 g/mol. The van der Waals surface area contributed by atoms with Crippen molar-refractivity contribution in [3.05, 3.63) is 0 Å². The van der Waals surface area contributed by atoms with E-state index in [0.717, 1.165) is 6.42 Å². The number of aliphatic hydroxyl groups is 1. The molecular formula is C17H34O5. The van der Waals surface area contributed by atoms with Crippen LogP contribution >= 0.6 is 0 Å². The highest BCUT2D eigenvalue weighted by Gasteiger charge is 2.40. The number of hydrogen-bond donors (Lipinski definition) is 1. The van der Waals surface area contributed by atoms with Crippen LogP contribution in [0.15, 0.2) is 0 Å². The first kappa shape index (κ1) is 19.8. The topological polar surface area (TPSA) is 57.2 Å². The molecule has 1 saturated heterocycles. The van der Waals surface area contributed by atoms with E-state index in [2.05, 4.69) is 6.92 Å². The Labute approximate surface area is 135 Å². The average molecular weight is 318 g/mol. The second-order valence-electron chi connectivity index (χ2n) is 7.92. The molecule has 132 valence electrons. The monoisotopic (exact) mass is 318 g/mol. The van der Waals surface area contributed by atoms with E-state index >= 15 is 0 Å². The van der Waals surface area contributed by atoms with Crippen molar-refractivity contribution in [1.29, 1.82) is 0 Å². The molecule has 0 radical (unpaired) electrons. The largest absolute Gasteiger partial charge is 0.375 e. The van der Waals surface area contributed by atoms with Gasteiger partial charge in [0.2, 0.25) is 0 Å². The minimum Gasteiger partial charge on any atom is -0.375 e. The maximum absolute atomic E-state index is 9.58. The second kappa shape index (κ2) is 7.14. The summed E-state index contributed by atoms with van der Waals surface area (Å²) in [7, 11) is 0. The van der Waals surface area contributed by atoms with Crippen molar-refractivity contribution >= 4 is 0 Å². The molecule has 1 aliphatic heterocycles. The summed E-state index contributed by atoms with van der Waals surface area (Å²) in [4.78, 5) is 0. The fraction of sp³-hybridized carbons (Fsp3) is 1.00. The zero-order valence-electron chi connectivity index (χ0n) is 15.3. The lowest BCUT2D eigenvalue weighted by molar-refractivity contribution is -0.296. The molecule has 1 heterocycles. The maximum atomic E-state index is 9.58. The smallest absolute Gasteiger partial charge is 0.162 e. The Morgan fingerprint density at radius 2 is 1.59 bits per heavy atom. The van der Waals surface area contributed by atoms with Crippen molar-refractivity contribution in [2.45, 2.75) is 78.5 Å². The summed E-state index contributed by atoms with van der Waals surface area (Å²) in [5.74, 6) is -1.61. The highest BCUT2D eigenvalue weighted by atomic mass is 16.7. The zero-order valence-corrected chi connectivity index (χ0v) is 15.3. The van der Waals surface area contributed by atoms with Gasteiger partial charge in [-0.05, 0) is 54.4 Å². The van der Waals surface area contributed by atoms with Crippen LogP contribution < -0.4 is 0 Å². The van der Waals surface area contributed by atoms with Crippen molar-refractivity contribution in [2.24, 2.45) is 5.41 Å².